The van der Waals surface area contributed by atoms with E-state index in [2.05, 4.69) is 22.5 Å². The van der Waals surface area contributed by atoms with Crippen LogP contribution in [0.2, 0.25) is 0 Å². The molecule has 18 heavy (non-hydrogen) atoms. The van der Waals surface area contributed by atoms with E-state index in [1.807, 2.05) is 6.07 Å². The zero-order chi connectivity index (χ0) is 12.8. The number of ether oxygens (including phenoxy) is 2. The first kappa shape index (κ1) is 12.9. The molecule has 0 aromatic carbocycles. The molecular formula is C14H20N2O2. The van der Waals surface area contributed by atoms with Crippen molar-refractivity contribution in [3.05, 3.63) is 30.1 Å². The van der Waals surface area contributed by atoms with Gasteiger partial charge in [-0.2, -0.15) is 0 Å². The van der Waals surface area contributed by atoms with Crippen LogP contribution in [0, 0.1) is 0 Å². The van der Waals surface area contributed by atoms with Gasteiger partial charge in [0.2, 0.25) is 0 Å². The Morgan fingerprint density at radius 2 is 2.22 bits per heavy atom. The number of aromatic nitrogens is 1. The zero-order valence-corrected chi connectivity index (χ0v) is 11.0. The van der Waals surface area contributed by atoms with Gasteiger partial charge in [0.25, 0.3) is 0 Å². The lowest BCUT2D eigenvalue weighted by Crippen LogP contribution is -2.29. The van der Waals surface area contributed by atoms with Crippen molar-refractivity contribution in [2.24, 2.45) is 0 Å². The predicted molar refractivity (Wildman–Crippen MR) is 71.0 cm³/mol. The van der Waals surface area contributed by atoms with E-state index < -0.39 is 0 Å². The number of hydrogen-bond acceptors (Lipinski definition) is 4. The predicted octanol–water partition coefficient (Wildman–Crippen LogP) is 2.30. The summed E-state index contributed by atoms with van der Waals surface area (Å²) in [5.74, 6) is 1.45. The quantitative estimate of drug-likeness (QED) is 0.812. The molecule has 4 nitrogen and oxygen atoms in total. The Bertz CT molecular complexity index is 418. The molecule has 0 spiro atoms. The lowest BCUT2D eigenvalue weighted by Gasteiger charge is -2.20. The molecule has 0 bridgehead atoms. The number of methoxy groups -OCH3 is 2. The molecular weight excluding hydrogens is 228 g/mol. The number of rotatable bonds is 5. The van der Waals surface area contributed by atoms with Gasteiger partial charge in [0.15, 0.2) is 11.5 Å². The SMILES string of the molecule is COc1ccnc(CNC2CC=CCC2)c1OC. The van der Waals surface area contributed by atoms with Gasteiger partial charge in [0.1, 0.15) is 0 Å². The molecule has 4 heteroatoms. The summed E-state index contributed by atoms with van der Waals surface area (Å²) in [5.41, 5.74) is 0.895. The van der Waals surface area contributed by atoms with Crippen molar-refractivity contribution < 1.29 is 9.47 Å². The third kappa shape index (κ3) is 3.01. The highest BCUT2D eigenvalue weighted by molar-refractivity contribution is 5.42. The summed E-state index contributed by atoms with van der Waals surface area (Å²) in [6.45, 7) is 0.707. The van der Waals surface area contributed by atoms with E-state index in [1.165, 1.54) is 6.42 Å². The summed E-state index contributed by atoms with van der Waals surface area (Å²) in [6.07, 6.45) is 9.65. The van der Waals surface area contributed by atoms with Gasteiger partial charge in [0, 0.05) is 24.8 Å². The average Bonchev–Trinajstić information content (AvgIpc) is 2.45. The van der Waals surface area contributed by atoms with Crippen molar-refractivity contribution in [2.75, 3.05) is 14.2 Å². The van der Waals surface area contributed by atoms with Crippen LogP contribution in [0.25, 0.3) is 0 Å². The molecule has 1 aromatic heterocycles. The van der Waals surface area contributed by atoms with E-state index in [9.17, 15) is 0 Å². The molecule has 0 fully saturated rings. The molecule has 2 rings (SSSR count). The second-order valence-electron chi connectivity index (χ2n) is 4.36. The van der Waals surface area contributed by atoms with Crippen LogP contribution in [0.15, 0.2) is 24.4 Å². The monoisotopic (exact) mass is 248 g/mol. The summed E-state index contributed by atoms with van der Waals surface area (Å²) in [6, 6.07) is 2.35. The van der Waals surface area contributed by atoms with Crippen LogP contribution in [-0.2, 0) is 6.54 Å². The average molecular weight is 248 g/mol. The molecule has 1 aromatic rings. The summed E-state index contributed by atoms with van der Waals surface area (Å²) in [4.78, 5) is 4.36. The highest BCUT2D eigenvalue weighted by atomic mass is 16.5. The number of hydrogen-bond donors (Lipinski definition) is 1. The molecule has 98 valence electrons. The van der Waals surface area contributed by atoms with Crippen molar-refractivity contribution >= 4 is 0 Å². The minimum atomic E-state index is 0.535. The van der Waals surface area contributed by atoms with Gasteiger partial charge < -0.3 is 14.8 Å². The molecule has 1 N–H and O–H groups in total. The number of nitrogens with zero attached hydrogens (tertiary/aromatic N) is 1. The molecule has 1 atom stereocenters. The number of nitrogens with one attached hydrogen (secondary N) is 1. The molecule has 0 radical (unpaired) electrons. The molecule has 1 unspecified atom stereocenters. The Balaban J connectivity index is 2.02. The normalized spacial score (nSPS) is 18.7. The first-order valence-electron chi connectivity index (χ1n) is 6.29. The minimum absolute atomic E-state index is 0.535. The van der Waals surface area contributed by atoms with Crippen molar-refractivity contribution in [1.29, 1.82) is 0 Å². The van der Waals surface area contributed by atoms with Crippen molar-refractivity contribution in [2.45, 2.75) is 31.8 Å². The van der Waals surface area contributed by atoms with Crippen molar-refractivity contribution in [3.63, 3.8) is 0 Å². The van der Waals surface area contributed by atoms with E-state index >= 15 is 0 Å². The maximum atomic E-state index is 5.37. The first-order chi connectivity index (χ1) is 8.85. The Hall–Kier alpha value is -1.55. The van der Waals surface area contributed by atoms with Gasteiger partial charge in [-0.1, -0.05) is 12.2 Å². The van der Waals surface area contributed by atoms with Gasteiger partial charge in [-0.05, 0) is 19.3 Å². The lowest BCUT2D eigenvalue weighted by molar-refractivity contribution is 0.346. The Morgan fingerprint density at radius 3 is 2.89 bits per heavy atom. The Labute approximate surface area is 108 Å². The van der Waals surface area contributed by atoms with Crippen molar-refractivity contribution in [3.8, 4) is 11.5 Å². The van der Waals surface area contributed by atoms with Gasteiger partial charge in [-0.25, -0.2) is 0 Å². The van der Waals surface area contributed by atoms with Crippen LogP contribution in [0.3, 0.4) is 0 Å². The zero-order valence-electron chi connectivity index (χ0n) is 11.0. The maximum Gasteiger partial charge on any atom is 0.183 e. The fourth-order valence-electron chi connectivity index (χ4n) is 2.20. The summed E-state index contributed by atoms with van der Waals surface area (Å²) < 4.78 is 10.6. The summed E-state index contributed by atoms with van der Waals surface area (Å²) >= 11 is 0. The highest BCUT2D eigenvalue weighted by Crippen LogP contribution is 2.29. The van der Waals surface area contributed by atoms with Crippen molar-refractivity contribution in [1.82, 2.24) is 10.3 Å². The molecule has 1 aliphatic rings. The van der Waals surface area contributed by atoms with Gasteiger partial charge in [-0.15, -0.1) is 0 Å². The summed E-state index contributed by atoms with van der Waals surface area (Å²) in [5, 5.41) is 3.51. The van der Waals surface area contributed by atoms with Crippen LogP contribution in [0.1, 0.15) is 25.0 Å². The fraction of sp³-hybridized carbons (Fsp3) is 0.500. The van der Waals surface area contributed by atoms with Crippen LogP contribution in [0.4, 0.5) is 0 Å². The van der Waals surface area contributed by atoms with Crippen LogP contribution >= 0.6 is 0 Å². The molecule has 0 amide bonds. The van der Waals surface area contributed by atoms with Crippen LogP contribution in [0.5, 0.6) is 11.5 Å². The molecule has 0 saturated carbocycles. The molecule has 1 aliphatic carbocycles. The van der Waals surface area contributed by atoms with Gasteiger partial charge in [0.05, 0.1) is 19.9 Å². The van der Waals surface area contributed by atoms with E-state index in [-0.39, 0.29) is 0 Å². The summed E-state index contributed by atoms with van der Waals surface area (Å²) in [7, 11) is 3.29. The fourth-order valence-corrected chi connectivity index (χ4v) is 2.20. The topological polar surface area (TPSA) is 43.4 Å². The second-order valence-corrected chi connectivity index (χ2v) is 4.36. The largest absolute Gasteiger partial charge is 0.493 e. The molecule has 0 saturated heterocycles. The molecule has 1 heterocycles. The van der Waals surface area contributed by atoms with Gasteiger partial charge in [-0.3, -0.25) is 4.98 Å². The van der Waals surface area contributed by atoms with E-state index in [0.29, 0.717) is 12.6 Å². The maximum absolute atomic E-state index is 5.37. The highest BCUT2D eigenvalue weighted by Gasteiger charge is 2.13. The second kappa shape index (κ2) is 6.40. The molecule has 0 aliphatic heterocycles. The minimum Gasteiger partial charge on any atom is -0.493 e. The van der Waals surface area contributed by atoms with Crippen LogP contribution < -0.4 is 14.8 Å². The van der Waals surface area contributed by atoms with E-state index in [1.54, 1.807) is 20.4 Å². The Morgan fingerprint density at radius 1 is 1.33 bits per heavy atom. The van der Waals surface area contributed by atoms with Crippen LogP contribution in [-0.4, -0.2) is 25.2 Å². The van der Waals surface area contributed by atoms with Gasteiger partial charge >= 0.3 is 0 Å². The Kier molecular flexibility index (Phi) is 4.59. The first-order valence-corrected chi connectivity index (χ1v) is 6.29. The third-order valence-electron chi connectivity index (χ3n) is 3.19. The van der Waals surface area contributed by atoms with E-state index in [0.717, 1.165) is 30.0 Å². The number of allylic oxidation sites excluding steroid dienone is 1. The third-order valence-corrected chi connectivity index (χ3v) is 3.19. The lowest BCUT2D eigenvalue weighted by atomic mass is 10.0. The standard InChI is InChI=1S/C14H20N2O2/c1-17-13-8-9-15-12(14(13)18-2)10-16-11-6-4-3-5-7-11/h3-4,8-9,11,16H,5-7,10H2,1-2H3. The van der Waals surface area contributed by atoms with E-state index in [4.69, 9.17) is 9.47 Å². The number of pyridine rings is 1. The smallest absolute Gasteiger partial charge is 0.183 e.